The average Bonchev–Trinajstić information content (AvgIpc) is 2.93. The van der Waals surface area contributed by atoms with Crippen LogP contribution in [0.3, 0.4) is 0 Å². The van der Waals surface area contributed by atoms with Crippen molar-refractivity contribution >= 4 is 34.2 Å². The second-order valence-corrected chi connectivity index (χ2v) is 6.38. The molecule has 2 heterocycles. The Morgan fingerprint density at radius 3 is 3.00 bits per heavy atom. The maximum Gasteiger partial charge on any atom is 0.234 e. The molecule has 1 saturated heterocycles. The van der Waals surface area contributed by atoms with Crippen LogP contribution < -0.4 is 11.1 Å². The molecule has 1 aromatic carbocycles. The summed E-state index contributed by atoms with van der Waals surface area (Å²) in [5, 5.41) is 3.03. The highest BCUT2D eigenvalue weighted by Gasteiger charge is 2.42. The molecule has 0 bridgehead atoms. The lowest BCUT2D eigenvalue weighted by Gasteiger charge is -2.34. The smallest absolute Gasteiger partial charge is 0.234 e. The predicted octanol–water partition coefficient (Wildman–Crippen LogP) is 1.85. The Hall–Kier alpha value is -1.51. The fraction of sp³-hybridized carbons (Fsp3) is 0.357. The van der Waals surface area contributed by atoms with E-state index in [4.69, 9.17) is 10.5 Å². The van der Waals surface area contributed by atoms with Crippen molar-refractivity contribution in [2.75, 3.05) is 18.5 Å². The molecule has 7 heteroatoms. The van der Waals surface area contributed by atoms with Gasteiger partial charge in [0.15, 0.2) is 0 Å². The number of carbonyl (C=O) groups is 1. The molecule has 2 atom stereocenters. The van der Waals surface area contributed by atoms with Gasteiger partial charge in [0, 0.05) is 3.57 Å². The second-order valence-electron chi connectivity index (χ2n) is 5.13. The molecule has 0 spiro atoms. The predicted molar refractivity (Wildman–Crippen MR) is 84.6 cm³/mol. The van der Waals surface area contributed by atoms with E-state index in [-0.39, 0.29) is 17.6 Å². The van der Waals surface area contributed by atoms with Gasteiger partial charge in [0.1, 0.15) is 12.4 Å². The number of carbonyl (C=O) groups excluding carboxylic acids is 1. The minimum atomic E-state index is -0.476. The van der Waals surface area contributed by atoms with Crippen LogP contribution >= 0.6 is 22.6 Å². The molecule has 1 aromatic rings. The zero-order valence-corrected chi connectivity index (χ0v) is 13.6. The maximum atomic E-state index is 14.0. The number of fused-ring (bicyclic) bond motifs is 1. The van der Waals surface area contributed by atoms with Crippen LogP contribution in [-0.4, -0.2) is 30.0 Å². The van der Waals surface area contributed by atoms with E-state index < -0.39 is 6.04 Å². The number of nitrogens with two attached hydrogens (primary N) is 1. The molecule has 1 amide bonds. The van der Waals surface area contributed by atoms with E-state index in [0.29, 0.717) is 30.4 Å². The molecule has 3 rings (SSSR count). The summed E-state index contributed by atoms with van der Waals surface area (Å²) < 4.78 is 20.2. The van der Waals surface area contributed by atoms with E-state index in [9.17, 15) is 9.18 Å². The van der Waals surface area contributed by atoms with Crippen molar-refractivity contribution in [3.63, 3.8) is 0 Å². The van der Waals surface area contributed by atoms with Crippen molar-refractivity contribution in [3.8, 4) is 0 Å². The third kappa shape index (κ3) is 2.43. The molecule has 5 nitrogen and oxygen atoms in total. The van der Waals surface area contributed by atoms with Crippen LogP contribution in [0.4, 0.5) is 10.1 Å². The van der Waals surface area contributed by atoms with Crippen molar-refractivity contribution in [2.45, 2.75) is 13.0 Å². The minimum absolute atomic E-state index is 0.0554. The average molecular weight is 403 g/mol. The summed E-state index contributed by atoms with van der Waals surface area (Å²) in [4.78, 5) is 13.9. The molecule has 0 radical (unpaired) electrons. The molecular weight excluding hydrogens is 388 g/mol. The molecule has 1 fully saturated rings. The quantitative estimate of drug-likeness (QED) is 0.740. The zero-order valence-electron chi connectivity index (χ0n) is 11.4. The molecule has 112 valence electrons. The van der Waals surface area contributed by atoms with Crippen LogP contribution in [0.15, 0.2) is 29.8 Å². The topological polar surface area (TPSA) is 67.6 Å². The van der Waals surface area contributed by atoms with E-state index in [2.05, 4.69) is 5.32 Å². The lowest BCUT2D eigenvalue weighted by Crippen LogP contribution is -2.49. The van der Waals surface area contributed by atoms with Gasteiger partial charge in [0.2, 0.25) is 11.8 Å². The van der Waals surface area contributed by atoms with Crippen molar-refractivity contribution in [1.82, 2.24) is 4.90 Å². The first kappa shape index (κ1) is 14.4. The first-order valence-corrected chi connectivity index (χ1v) is 7.72. The highest BCUT2D eigenvalue weighted by Crippen LogP contribution is 2.31. The van der Waals surface area contributed by atoms with Gasteiger partial charge < -0.3 is 15.8 Å². The van der Waals surface area contributed by atoms with E-state index in [1.807, 2.05) is 22.6 Å². The van der Waals surface area contributed by atoms with Crippen LogP contribution in [0, 0.1) is 15.3 Å². The Labute approximate surface area is 135 Å². The number of hydrogen-bond acceptors (Lipinski definition) is 4. The van der Waals surface area contributed by atoms with Crippen LogP contribution in [0.5, 0.6) is 0 Å². The summed E-state index contributed by atoms with van der Waals surface area (Å²) in [6.07, 6.45) is 0. The van der Waals surface area contributed by atoms with Crippen molar-refractivity contribution in [3.05, 3.63) is 39.2 Å². The fourth-order valence-electron chi connectivity index (χ4n) is 2.63. The van der Waals surface area contributed by atoms with Gasteiger partial charge in [0.05, 0.1) is 29.9 Å². The monoisotopic (exact) mass is 403 g/mol. The normalized spacial score (nSPS) is 24.9. The van der Waals surface area contributed by atoms with Crippen molar-refractivity contribution < 1.29 is 13.9 Å². The number of hydrogen-bond donors (Lipinski definition) is 2. The molecule has 0 aromatic heterocycles. The Balaban J connectivity index is 1.93. The Kier molecular flexibility index (Phi) is 3.68. The highest BCUT2D eigenvalue weighted by atomic mass is 127. The molecule has 0 aliphatic carbocycles. The van der Waals surface area contributed by atoms with E-state index in [1.54, 1.807) is 24.0 Å². The third-order valence-electron chi connectivity index (χ3n) is 3.78. The Morgan fingerprint density at radius 2 is 2.29 bits per heavy atom. The number of nitrogens with one attached hydrogen (secondary N) is 1. The summed E-state index contributed by atoms with van der Waals surface area (Å²) in [6, 6.07) is 4.40. The largest absolute Gasteiger partial charge is 0.476 e. The van der Waals surface area contributed by atoms with Gasteiger partial charge in [-0.25, -0.2) is 4.39 Å². The molecule has 2 unspecified atom stereocenters. The van der Waals surface area contributed by atoms with Gasteiger partial charge in [-0.3, -0.25) is 9.69 Å². The number of nitrogens with zero attached hydrogens (tertiary/aromatic N) is 1. The van der Waals surface area contributed by atoms with Crippen LogP contribution in [0.25, 0.3) is 0 Å². The number of benzene rings is 1. The number of amides is 1. The maximum absolute atomic E-state index is 14.0. The van der Waals surface area contributed by atoms with Crippen LogP contribution in [-0.2, 0) is 9.53 Å². The highest BCUT2D eigenvalue weighted by molar-refractivity contribution is 14.1. The van der Waals surface area contributed by atoms with E-state index in [0.717, 1.165) is 3.57 Å². The molecule has 2 aliphatic heterocycles. The minimum Gasteiger partial charge on any atom is -0.476 e. The lowest BCUT2D eigenvalue weighted by molar-refractivity contribution is -0.134. The molecule has 0 saturated carbocycles. The number of rotatable bonds is 2. The molecule has 2 aliphatic rings. The molecular formula is C14H15FIN3O2. The number of halogens is 2. The SMILES string of the molecule is CC1C(=O)N2CCOC2=C(N)C1Nc1ccc(I)cc1F. The van der Waals surface area contributed by atoms with E-state index in [1.165, 1.54) is 6.07 Å². The first-order chi connectivity index (χ1) is 9.99. The molecule has 3 N–H and O–H groups in total. The summed E-state index contributed by atoms with van der Waals surface area (Å²) >= 11 is 2.04. The van der Waals surface area contributed by atoms with Gasteiger partial charge in [-0.2, -0.15) is 0 Å². The van der Waals surface area contributed by atoms with Gasteiger partial charge in [-0.1, -0.05) is 6.92 Å². The van der Waals surface area contributed by atoms with Crippen molar-refractivity contribution in [1.29, 1.82) is 0 Å². The Bertz CT molecular complexity index is 635. The number of ether oxygens (including phenoxy) is 1. The van der Waals surface area contributed by atoms with Gasteiger partial charge in [0.25, 0.3) is 0 Å². The summed E-state index contributed by atoms with van der Waals surface area (Å²) in [5.74, 6) is -0.398. The van der Waals surface area contributed by atoms with Gasteiger partial charge in [-0.05, 0) is 40.8 Å². The lowest BCUT2D eigenvalue weighted by atomic mass is 9.94. The van der Waals surface area contributed by atoms with E-state index >= 15 is 0 Å². The van der Waals surface area contributed by atoms with Gasteiger partial charge in [-0.15, -0.1) is 0 Å². The summed E-state index contributed by atoms with van der Waals surface area (Å²) in [5.41, 5.74) is 6.89. The standard InChI is InChI=1S/C14H15FIN3O2/c1-7-12(18-10-3-2-8(16)6-9(10)15)11(17)14-19(13(7)20)4-5-21-14/h2-3,6-7,12,18H,4-5,17H2,1H3. The Morgan fingerprint density at radius 1 is 1.52 bits per heavy atom. The fourth-order valence-corrected chi connectivity index (χ4v) is 3.08. The second kappa shape index (κ2) is 5.36. The summed E-state index contributed by atoms with van der Waals surface area (Å²) in [7, 11) is 0. The van der Waals surface area contributed by atoms with Gasteiger partial charge >= 0.3 is 0 Å². The summed E-state index contributed by atoms with van der Waals surface area (Å²) in [6.45, 7) is 2.75. The first-order valence-electron chi connectivity index (χ1n) is 6.64. The van der Waals surface area contributed by atoms with Crippen LogP contribution in [0.1, 0.15) is 6.92 Å². The zero-order chi connectivity index (χ0) is 15.1. The number of anilines is 1. The van der Waals surface area contributed by atoms with Crippen molar-refractivity contribution in [2.24, 2.45) is 11.7 Å². The van der Waals surface area contributed by atoms with Crippen LogP contribution in [0.2, 0.25) is 0 Å². The third-order valence-corrected chi connectivity index (χ3v) is 4.45. The molecule has 21 heavy (non-hydrogen) atoms.